The molecule has 0 aliphatic heterocycles. The topological polar surface area (TPSA) is 59.4 Å². The molecule has 0 atom stereocenters. The summed E-state index contributed by atoms with van der Waals surface area (Å²) in [6, 6.07) is 7.82. The van der Waals surface area contributed by atoms with E-state index in [9.17, 15) is 4.79 Å². The largest absolute Gasteiger partial charge is 0.478 e. The van der Waals surface area contributed by atoms with Gasteiger partial charge in [0.1, 0.15) is 5.75 Å². The van der Waals surface area contributed by atoms with Crippen molar-refractivity contribution in [3.63, 3.8) is 0 Å². The molecule has 21 heavy (non-hydrogen) atoms. The van der Waals surface area contributed by atoms with Crippen LogP contribution in [0.15, 0.2) is 36.5 Å². The summed E-state index contributed by atoms with van der Waals surface area (Å²) in [6.07, 6.45) is 4.17. The second-order valence-electron chi connectivity index (χ2n) is 4.99. The first-order valence-corrected chi connectivity index (χ1v) is 6.58. The normalized spacial score (nSPS) is 10.8. The summed E-state index contributed by atoms with van der Waals surface area (Å²) in [6.45, 7) is 5.91. The summed E-state index contributed by atoms with van der Waals surface area (Å²) in [4.78, 5) is 14.7. The lowest BCUT2D eigenvalue weighted by Gasteiger charge is -2.09. The molecule has 108 valence electrons. The molecule has 0 spiro atoms. The molecule has 4 heteroatoms. The fourth-order valence-corrected chi connectivity index (χ4v) is 2.05. The molecule has 0 saturated carbocycles. The van der Waals surface area contributed by atoms with Gasteiger partial charge in [-0.25, -0.2) is 9.78 Å². The summed E-state index contributed by atoms with van der Waals surface area (Å²) in [5, 5.41) is 8.61. The van der Waals surface area contributed by atoms with E-state index in [4.69, 9.17) is 9.84 Å². The predicted octanol–water partition coefficient (Wildman–Crippen LogP) is 3.90. The van der Waals surface area contributed by atoms with Crippen LogP contribution in [-0.4, -0.2) is 16.1 Å². The van der Waals surface area contributed by atoms with Crippen molar-refractivity contribution in [1.82, 2.24) is 4.98 Å². The Kier molecular flexibility index (Phi) is 4.38. The fourth-order valence-electron chi connectivity index (χ4n) is 2.05. The summed E-state index contributed by atoms with van der Waals surface area (Å²) in [7, 11) is 0. The van der Waals surface area contributed by atoms with E-state index in [2.05, 4.69) is 11.1 Å². The number of carbonyl (C=O) groups is 1. The number of aromatic nitrogens is 1. The Labute approximate surface area is 123 Å². The lowest BCUT2D eigenvalue weighted by molar-refractivity contribution is -0.131. The quantitative estimate of drug-likeness (QED) is 0.865. The SMILES string of the molecule is Cc1cc(C)cc(Oc2ncc(/C=C/C(=O)O)cc2C)c1. The standard InChI is InChI=1S/C17H17NO3/c1-11-6-12(2)8-15(7-11)21-17-13(3)9-14(10-18-17)4-5-16(19)20/h4-10H,1-3H3,(H,19,20)/b5-4+. The summed E-state index contributed by atoms with van der Waals surface area (Å²) in [5.41, 5.74) is 3.83. The van der Waals surface area contributed by atoms with E-state index in [1.54, 1.807) is 6.20 Å². The van der Waals surface area contributed by atoms with Crippen LogP contribution in [0, 0.1) is 20.8 Å². The minimum Gasteiger partial charge on any atom is -0.478 e. The molecule has 0 unspecified atom stereocenters. The van der Waals surface area contributed by atoms with Crippen LogP contribution in [0.4, 0.5) is 0 Å². The molecule has 0 saturated heterocycles. The molecule has 1 N–H and O–H groups in total. The zero-order valence-electron chi connectivity index (χ0n) is 12.3. The zero-order chi connectivity index (χ0) is 15.4. The maximum absolute atomic E-state index is 10.5. The lowest BCUT2D eigenvalue weighted by Crippen LogP contribution is -1.93. The highest BCUT2D eigenvalue weighted by molar-refractivity contribution is 5.85. The summed E-state index contributed by atoms with van der Waals surface area (Å²) < 4.78 is 5.80. The average molecular weight is 283 g/mol. The highest BCUT2D eigenvalue weighted by Gasteiger charge is 2.05. The molecule has 0 amide bonds. The summed E-state index contributed by atoms with van der Waals surface area (Å²) in [5.74, 6) is 0.285. The molecule has 0 aliphatic carbocycles. The van der Waals surface area contributed by atoms with Gasteiger partial charge in [0.05, 0.1) is 0 Å². The van der Waals surface area contributed by atoms with Crippen LogP contribution in [0.1, 0.15) is 22.3 Å². The second-order valence-corrected chi connectivity index (χ2v) is 4.99. The van der Waals surface area contributed by atoms with Crippen molar-refractivity contribution in [2.75, 3.05) is 0 Å². The molecule has 0 radical (unpaired) electrons. The van der Waals surface area contributed by atoms with E-state index in [-0.39, 0.29) is 0 Å². The average Bonchev–Trinajstić information content (AvgIpc) is 2.38. The second kappa shape index (κ2) is 6.22. The number of hydrogen-bond acceptors (Lipinski definition) is 3. The molecule has 1 aromatic heterocycles. The van der Waals surface area contributed by atoms with Crippen molar-refractivity contribution in [1.29, 1.82) is 0 Å². The van der Waals surface area contributed by atoms with Crippen molar-refractivity contribution in [2.45, 2.75) is 20.8 Å². The third-order valence-electron chi connectivity index (χ3n) is 2.88. The van der Waals surface area contributed by atoms with Crippen LogP contribution >= 0.6 is 0 Å². The van der Waals surface area contributed by atoms with Gasteiger partial charge in [-0.2, -0.15) is 0 Å². The molecule has 0 fully saturated rings. The Morgan fingerprint density at radius 3 is 2.38 bits per heavy atom. The molecule has 1 heterocycles. The van der Waals surface area contributed by atoms with Crippen molar-refractivity contribution >= 4 is 12.0 Å². The first-order valence-electron chi connectivity index (χ1n) is 6.58. The third kappa shape index (κ3) is 4.18. The van der Waals surface area contributed by atoms with Crippen molar-refractivity contribution in [2.24, 2.45) is 0 Å². The van der Waals surface area contributed by atoms with Crippen LogP contribution in [0.2, 0.25) is 0 Å². The van der Waals surface area contributed by atoms with E-state index in [1.165, 1.54) is 6.08 Å². The van der Waals surface area contributed by atoms with Gasteiger partial charge in [0.25, 0.3) is 0 Å². The van der Waals surface area contributed by atoms with E-state index in [0.29, 0.717) is 5.88 Å². The molecular formula is C17H17NO3. The predicted molar refractivity (Wildman–Crippen MR) is 81.6 cm³/mol. The van der Waals surface area contributed by atoms with Gasteiger partial charge >= 0.3 is 5.97 Å². The first-order chi connectivity index (χ1) is 9.94. The number of carboxylic acid groups (broad SMARTS) is 1. The monoisotopic (exact) mass is 283 g/mol. The van der Waals surface area contributed by atoms with Crippen LogP contribution in [0.25, 0.3) is 6.08 Å². The van der Waals surface area contributed by atoms with Gasteiger partial charge in [-0.15, -0.1) is 0 Å². The van der Waals surface area contributed by atoms with Gasteiger partial charge in [-0.3, -0.25) is 0 Å². The van der Waals surface area contributed by atoms with Gasteiger partial charge in [0.2, 0.25) is 5.88 Å². The van der Waals surface area contributed by atoms with Crippen molar-refractivity contribution < 1.29 is 14.6 Å². The Balaban J connectivity index is 2.23. The number of ether oxygens (including phenoxy) is 1. The molecule has 2 rings (SSSR count). The Bertz CT molecular complexity index is 685. The van der Waals surface area contributed by atoms with E-state index in [0.717, 1.165) is 34.1 Å². The third-order valence-corrected chi connectivity index (χ3v) is 2.88. The number of hydrogen-bond donors (Lipinski definition) is 1. The fraction of sp³-hybridized carbons (Fsp3) is 0.176. The van der Waals surface area contributed by atoms with Gasteiger partial charge < -0.3 is 9.84 Å². The highest BCUT2D eigenvalue weighted by Crippen LogP contribution is 2.25. The van der Waals surface area contributed by atoms with Crippen molar-refractivity contribution in [3.05, 3.63) is 58.8 Å². The number of aryl methyl sites for hydroxylation is 3. The minimum absolute atomic E-state index is 0.521. The van der Waals surface area contributed by atoms with Gasteiger partial charge in [-0.1, -0.05) is 6.07 Å². The highest BCUT2D eigenvalue weighted by atomic mass is 16.5. The van der Waals surface area contributed by atoms with E-state index in [1.807, 2.05) is 39.0 Å². The lowest BCUT2D eigenvalue weighted by atomic mass is 10.1. The van der Waals surface area contributed by atoms with E-state index < -0.39 is 5.97 Å². The van der Waals surface area contributed by atoms with Crippen molar-refractivity contribution in [3.8, 4) is 11.6 Å². The molecule has 4 nitrogen and oxygen atoms in total. The number of carboxylic acids is 1. The van der Waals surface area contributed by atoms with Crippen LogP contribution in [0.5, 0.6) is 11.6 Å². The Morgan fingerprint density at radius 1 is 1.14 bits per heavy atom. The first kappa shape index (κ1) is 14.8. The number of benzene rings is 1. The van der Waals surface area contributed by atoms with Crippen LogP contribution < -0.4 is 4.74 Å². The zero-order valence-corrected chi connectivity index (χ0v) is 12.3. The molecule has 0 bridgehead atoms. The van der Waals surface area contributed by atoms with E-state index >= 15 is 0 Å². The molecule has 2 aromatic rings. The van der Waals surface area contributed by atoms with Gasteiger partial charge in [0.15, 0.2) is 0 Å². The van der Waals surface area contributed by atoms with Gasteiger partial charge in [0, 0.05) is 17.8 Å². The summed E-state index contributed by atoms with van der Waals surface area (Å²) >= 11 is 0. The van der Waals surface area contributed by atoms with Gasteiger partial charge in [-0.05, 0) is 61.7 Å². The Hall–Kier alpha value is -2.62. The van der Waals surface area contributed by atoms with Crippen LogP contribution in [-0.2, 0) is 4.79 Å². The number of aliphatic carboxylic acids is 1. The smallest absolute Gasteiger partial charge is 0.328 e. The number of rotatable bonds is 4. The Morgan fingerprint density at radius 2 is 1.81 bits per heavy atom. The molecule has 1 aromatic carbocycles. The maximum Gasteiger partial charge on any atom is 0.328 e. The number of pyridine rings is 1. The number of nitrogens with zero attached hydrogens (tertiary/aromatic N) is 1. The molecule has 0 aliphatic rings. The van der Waals surface area contributed by atoms with Crippen LogP contribution in [0.3, 0.4) is 0 Å². The maximum atomic E-state index is 10.5. The molecular weight excluding hydrogens is 266 g/mol. The minimum atomic E-state index is -0.983.